The van der Waals surface area contributed by atoms with Gasteiger partial charge in [-0.1, -0.05) is 0 Å². The maximum Gasteiger partial charge on any atom is 0.0964 e. The molecule has 62 valence electrons. The summed E-state index contributed by atoms with van der Waals surface area (Å²) >= 11 is 0. The Balaban J connectivity index is 1.96. The SMILES string of the molecule is C1=C(C2CCNC2)OCCC1. The first kappa shape index (κ1) is 7.17. The van der Waals surface area contributed by atoms with Crippen LogP contribution in [0.15, 0.2) is 11.8 Å². The summed E-state index contributed by atoms with van der Waals surface area (Å²) < 4.78 is 5.58. The van der Waals surface area contributed by atoms with E-state index in [-0.39, 0.29) is 0 Å². The second kappa shape index (κ2) is 3.26. The van der Waals surface area contributed by atoms with Gasteiger partial charge in [0.15, 0.2) is 0 Å². The number of ether oxygens (including phenoxy) is 1. The third-order valence-electron chi connectivity index (χ3n) is 2.43. The van der Waals surface area contributed by atoms with Crippen LogP contribution in [0.5, 0.6) is 0 Å². The topological polar surface area (TPSA) is 21.3 Å². The zero-order valence-corrected chi connectivity index (χ0v) is 6.81. The average Bonchev–Trinajstić information content (AvgIpc) is 2.58. The normalized spacial score (nSPS) is 31.3. The molecular weight excluding hydrogens is 138 g/mol. The first-order valence-electron chi connectivity index (χ1n) is 4.50. The van der Waals surface area contributed by atoms with Gasteiger partial charge in [0.25, 0.3) is 0 Å². The fourth-order valence-electron chi connectivity index (χ4n) is 1.76. The van der Waals surface area contributed by atoms with E-state index in [4.69, 9.17) is 4.74 Å². The van der Waals surface area contributed by atoms with Gasteiger partial charge in [-0.05, 0) is 31.9 Å². The quantitative estimate of drug-likeness (QED) is 0.613. The Labute approximate surface area is 67.6 Å². The summed E-state index contributed by atoms with van der Waals surface area (Å²) in [5.41, 5.74) is 0. The lowest BCUT2D eigenvalue weighted by molar-refractivity contribution is 0.163. The molecule has 0 aromatic carbocycles. The Hall–Kier alpha value is -0.500. The Morgan fingerprint density at radius 1 is 1.55 bits per heavy atom. The fourth-order valence-corrected chi connectivity index (χ4v) is 1.76. The highest BCUT2D eigenvalue weighted by Gasteiger charge is 2.21. The minimum absolute atomic E-state index is 0.676. The predicted molar refractivity (Wildman–Crippen MR) is 44.2 cm³/mol. The Bertz CT molecular complexity index is 159. The number of rotatable bonds is 1. The molecule has 2 aliphatic rings. The molecule has 11 heavy (non-hydrogen) atoms. The third kappa shape index (κ3) is 1.56. The van der Waals surface area contributed by atoms with E-state index in [1.54, 1.807) is 0 Å². The number of hydrogen-bond acceptors (Lipinski definition) is 2. The zero-order valence-electron chi connectivity index (χ0n) is 6.81. The van der Waals surface area contributed by atoms with E-state index in [2.05, 4.69) is 11.4 Å². The first-order valence-corrected chi connectivity index (χ1v) is 4.50. The van der Waals surface area contributed by atoms with E-state index < -0.39 is 0 Å². The summed E-state index contributed by atoms with van der Waals surface area (Å²) in [6.45, 7) is 3.21. The summed E-state index contributed by atoms with van der Waals surface area (Å²) in [5, 5.41) is 3.35. The first-order chi connectivity index (χ1) is 5.47. The molecule has 2 rings (SSSR count). The Morgan fingerprint density at radius 2 is 2.55 bits per heavy atom. The lowest BCUT2D eigenvalue weighted by atomic mass is 10.0. The lowest BCUT2D eigenvalue weighted by Gasteiger charge is -2.19. The molecular formula is C9H15NO. The van der Waals surface area contributed by atoms with Crippen molar-refractivity contribution < 1.29 is 4.74 Å². The summed E-state index contributed by atoms with van der Waals surface area (Å²) in [5.74, 6) is 1.93. The van der Waals surface area contributed by atoms with Crippen LogP contribution in [0.2, 0.25) is 0 Å². The second-order valence-corrected chi connectivity index (χ2v) is 3.29. The van der Waals surface area contributed by atoms with Crippen molar-refractivity contribution in [2.45, 2.75) is 19.3 Å². The molecule has 0 radical (unpaired) electrons. The van der Waals surface area contributed by atoms with Gasteiger partial charge in [0, 0.05) is 12.5 Å². The van der Waals surface area contributed by atoms with Gasteiger partial charge in [-0.2, -0.15) is 0 Å². The van der Waals surface area contributed by atoms with E-state index in [9.17, 15) is 0 Å². The third-order valence-corrected chi connectivity index (χ3v) is 2.43. The molecule has 1 unspecified atom stereocenters. The van der Waals surface area contributed by atoms with Gasteiger partial charge in [0.2, 0.25) is 0 Å². The summed E-state index contributed by atoms with van der Waals surface area (Å²) in [6.07, 6.45) is 5.93. The lowest BCUT2D eigenvalue weighted by Crippen LogP contribution is -2.14. The van der Waals surface area contributed by atoms with Gasteiger partial charge >= 0.3 is 0 Å². The maximum atomic E-state index is 5.58. The van der Waals surface area contributed by atoms with Crippen LogP contribution < -0.4 is 5.32 Å². The fraction of sp³-hybridized carbons (Fsp3) is 0.778. The van der Waals surface area contributed by atoms with Crippen LogP contribution in [0.3, 0.4) is 0 Å². The standard InChI is InChI=1S/C9H15NO/c1-2-6-11-9(3-1)8-4-5-10-7-8/h3,8,10H,1-2,4-7H2. The minimum Gasteiger partial charge on any atom is -0.498 e. The predicted octanol–water partition coefficient (Wildman–Crippen LogP) is 1.29. The van der Waals surface area contributed by atoms with E-state index in [0.29, 0.717) is 5.92 Å². The van der Waals surface area contributed by atoms with E-state index >= 15 is 0 Å². The number of hydrogen-bond donors (Lipinski definition) is 1. The Morgan fingerprint density at radius 3 is 3.18 bits per heavy atom. The zero-order chi connectivity index (χ0) is 7.52. The molecule has 2 heteroatoms. The molecule has 0 aliphatic carbocycles. The molecule has 2 nitrogen and oxygen atoms in total. The molecule has 2 heterocycles. The van der Waals surface area contributed by atoms with Crippen molar-refractivity contribution in [1.29, 1.82) is 0 Å². The molecule has 0 aromatic rings. The summed E-state index contributed by atoms with van der Waals surface area (Å²) in [4.78, 5) is 0. The highest BCUT2D eigenvalue weighted by molar-refractivity contribution is 5.03. The van der Waals surface area contributed by atoms with Crippen molar-refractivity contribution in [2.24, 2.45) is 5.92 Å². The van der Waals surface area contributed by atoms with Crippen LogP contribution >= 0.6 is 0 Å². The van der Waals surface area contributed by atoms with E-state index in [0.717, 1.165) is 19.7 Å². The van der Waals surface area contributed by atoms with Crippen LogP contribution in [0.4, 0.5) is 0 Å². The maximum absolute atomic E-state index is 5.58. The molecule has 1 saturated heterocycles. The second-order valence-electron chi connectivity index (χ2n) is 3.29. The molecule has 1 fully saturated rings. The van der Waals surface area contributed by atoms with Crippen LogP contribution in [0, 0.1) is 5.92 Å². The van der Waals surface area contributed by atoms with Crippen LogP contribution in [0.25, 0.3) is 0 Å². The molecule has 0 spiro atoms. The number of nitrogens with one attached hydrogen (secondary N) is 1. The van der Waals surface area contributed by atoms with Crippen LogP contribution in [0.1, 0.15) is 19.3 Å². The number of allylic oxidation sites excluding steroid dienone is 1. The minimum atomic E-state index is 0.676. The van der Waals surface area contributed by atoms with Gasteiger partial charge in [-0.15, -0.1) is 0 Å². The van der Waals surface area contributed by atoms with Crippen LogP contribution in [-0.2, 0) is 4.74 Å². The van der Waals surface area contributed by atoms with Crippen molar-refractivity contribution in [3.63, 3.8) is 0 Å². The monoisotopic (exact) mass is 153 g/mol. The largest absolute Gasteiger partial charge is 0.498 e. The molecule has 2 aliphatic heterocycles. The molecule has 0 bridgehead atoms. The van der Waals surface area contributed by atoms with Crippen molar-refractivity contribution in [3.05, 3.63) is 11.8 Å². The van der Waals surface area contributed by atoms with Gasteiger partial charge in [0.1, 0.15) is 0 Å². The van der Waals surface area contributed by atoms with Gasteiger partial charge in [-0.25, -0.2) is 0 Å². The van der Waals surface area contributed by atoms with Gasteiger partial charge < -0.3 is 10.1 Å². The van der Waals surface area contributed by atoms with E-state index in [1.165, 1.54) is 25.0 Å². The highest BCUT2D eigenvalue weighted by Crippen LogP contribution is 2.23. The molecule has 1 N–H and O–H groups in total. The molecule has 1 atom stereocenters. The van der Waals surface area contributed by atoms with Crippen LogP contribution in [-0.4, -0.2) is 19.7 Å². The highest BCUT2D eigenvalue weighted by atomic mass is 16.5. The summed E-state index contributed by atoms with van der Waals surface area (Å²) in [6, 6.07) is 0. The van der Waals surface area contributed by atoms with Gasteiger partial charge in [0.05, 0.1) is 12.4 Å². The molecule has 0 saturated carbocycles. The molecule has 0 amide bonds. The van der Waals surface area contributed by atoms with Crippen molar-refractivity contribution in [3.8, 4) is 0 Å². The van der Waals surface area contributed by atoms with Crippen molar-refractivity contribution in [2.75, 3.05) is 19.7 Å². The Kier molecular flexibility index (Phi) is 2.13. The smallest absolute Gasteiger partial charge is 0.0964 e. The average molecular weight is 153 g/mol. The van der Waals surface area contributed by atoms with Crippen molar-refractivity contribution in [1.82, 2.24) is 5.32 Å². The van der Waals surface area contributed by atoms with Crippen molar-refractivity contribution >= 4 is 0 Å². The van der Waals surface area contributed by atoms with Gasteiger partial charge in [-0.3, -0.25) is 0 Å². The van der Waals surface area contributed by atoms with E-state index in [1.807, 2.05) is 0 Å². The molecule has 0 aromatic heterocycles. The summed E-state index contributed by atoms with van der Waals surface area (Å²) in [7, 11) is 0.